The van der Waals surface area contributed by atoms with Crippen molar-refractivity contribution in [2.45, 2.75) is 71.1 Å². The maximum Gasteiger partial charge on any atom is 0.434 e. The molecule has 1 aliphatic rings. The summed E-state index contributed by atoms with van der Waals surface area (Å²) in [7, 11) is -2.63. The highest BCUT2D eigenvalue weighted by molar-refractivity contribution is 9.10. The van der Waals surface area contributed by atoms with E-state index >= 15 is 0 Å². The minimum Gasteiger partial charge on any atom is -0.778 e. The molecule has 2 atom stereocenters. The zero-order valence-corrected chi connectivity index (χ0v) is 47.8. The Labute approximate surface area is 453 Å². The van der Waals surface area contributed by atoms with Gasteiger partial charge in [0.25, 0.3) is 5.91 Å². The normalized spacial score (nSPS) is 13.6. The maximum absolute atomic E-state index is 14.3. The van der Waals surface area contributed by atoms with E-state index in [0.717, 1.165) is 48.1 Å². The summed E-state index contributed by atoms with van der Waals surface area (Å²) in [5, 5.41) is 13.5. The Morgan fingerprint density at radius 2 is 1.70 bits per heavy atom. The third-order valence-electron chi connectivity index (χ3n) is 9.00. The molecule has 16 nitrogen and oxygen atoms in total. The van der Waals surface area contributed by atoms with Gasteiger partial charge in [-0.1, -0.05) is 72.1 Å². The third-order valence-corrected chi connectivity index (χ3v) is 11.3. The topological polar surface area (TPSA) is 213 Å². The second kappa shape index (κ2) is 32.0. The molecule has 4 aromatic rings. The van der Waals surface area contributed by atoms with E-state index in [9.17, 15) is 46.2 Å². The van der Waals surface area contributed by atoms with E-state index < -0.39 is 65.5 Å². The van der Waals surface area contributed by atoms with Crippen LogP contribution in [0.15, 0.2) is 59.1 Å². The molecule has 1 aliphatic heterocycles. The standard InChI is InChI=1S/C15H12BrClF4N2O2.C14H20ClNO2.C11H11Cl2NO2.C3H8NO5P.C3H9S/c1-6(2)25-14(24)7-4-8(10(18)5-9(7)17)12-11(16)13(15(19,20)21)23(3)22-12;1-4-12-8-6-7-11(3)14(12)16(10-18-5-2)13(17)9-15;1-7-6-16-9-5-3-2-4-8(9)14(7)11(15)10(12)13;5-3(6)1-4-2-10(7,8)9;1-4(2)3/h4-6H,1-3H3;6-8H,4-5,9-10H2,1-3H3;2-5,7,10H,6H2,1H3;4H,1-2H2,(H,5,6)(H2,7,8,9);1-3H3/q;;;;+1/p-1. The lowest BCUT2D eigenvalue weighted by Gasteiger charge is -2.35. The van der Waals surface area contributed by atoms with Crippen LogP contribution in [0.5, 0.6) is 5.75 Å². The number of aryl methyl sites for hydroxylation is 3. The number of anilines is 2. The lowest BCUT2D eigenvalue weighted by molar-refractivity contribution is -0.193. The second-order valence-electron chi connectivity index (χ2n) is 15.9. The van der Waals surface area contributed by atoms with Crippen LogP contribution in [0.1, 0.15) is 61.8 Å². The fraction of sp³-hybridized carbons (Fsp3) is 0.457. The number of nitrogens with one attached hydrogen (secondary N) is 1. The quantitative estimate of drug-likeness (QED) is 0.0268. The zero-order chi connectivity index (χ0) is 56.1. The molecule has 0 fully saturated rings. The number of nitrogens with zero attached hydrogens (tertiary/aromatic N) is 4. The van der Waals surface area contributed by atoms with Gasteiger partial charge in [0.15, 0.2) is 10.5 Å². The number of hydrogen-bond donors (Lipinski definition) is 3. The van der Waals surface area contributed by atoms with E-state index in [1.165, 1.54) is 0 Å². The molecule has 0 radical (unpaired) electrons. The predicted octanol–water partition coefficient (Wildman–Crippen LogP) is 9.61. The number of carbonyl (C=O) groups is 4. The van der Waals surface area contributed by atoms with Crippen LogP contribution in [0.3, 0.4) is 0 Å². The SMILES string of the molecule is CC(C)OC(=O)c1cc(-c2nn(C)c(C(F)(F)F)c2Br)c(F)cc1Cl.CC1COc2ccccc2N1C(=O)C(Cl)Cl.CCOCN(C(=O)CCl)c1c(C)cccc1CC.C[S+](C)C.O=C(O)CNCP(=O)([O-])O. The number of esters is 1. The van der Waals surface area contributed by atoms with Crippen LogP contribution in [0.25, 0.3) is 11.3 Å². The number of carbonyl (C=O) groups excluding carboxylic acids is 3. The summed E-state index contributed by atoms with van der Waals surface area (Å²) in [4.78, 5) is 65.8. The number of carboxylic acids is 1. The number of hydrogen-bond acceptors (Lipinski definition) is 11. The van der Waals surface area contributed by atoms with Crippen LogP contribution < -0.4 is 24.7 Å². The van der Waals surface area contributed by atoms with Gasteiger partial charge < -0.3 is 38.6 Å². The number of amides is 2. The van der Waals surface area contributed by atoms with Crippen LogP contribution in [-0.4, -0.2) is 118 Å². The molecule has 2 unspecified atom stereocenters. The van der Waals surface area contributed by atoms with E-state index in [1.54, 1.807) is 23.6 Å². The van der Waals surface area contributed by atoms with Crippen LogP contribution in [0, 0.1) is 12.7 Å². The van der Waals surface area contributed by atoms with E-state index in [4.69, 9.17) is 70.6 Å². The number of para-hydroxylation sites is 3. The summed E-state index contributed by atoms with van der Waals surface area (Å²) >= 11 is 25.6. The number of rotatable bonds is 14. The molecule has 0 aliphatic carbocycles. The molecular weight excluding hydrogens is 1160 g/mol. The van der Waals surface area contributed by atoms with Gasteiger partial charge in [-0.05, 0) is 103 Å². The molecular formula is C46H59BrCl4F4N5O11PS. The van der Waals surface area contributed by atoms with Crippen LogP contribution in [-0.2, 0) is 59.0 Å². The summed E-state index contributed by atoms with van der Waals surface area (Å²) in [6, 6.07) is 15.2. The van der Waals surface area contributed by atoms with Crippen molar-refractivity contribution in [3.8, 4) is 17.0 Å². The highest BCUT2D eigenvalue weighted by atomic mass is 79.9. The molecule has 1 aromatic heterocycles. The molecule has 3 N–H and O–H groups in total. The molecule has 0 spiro atoms. The lowest BCUT2D eigenvalue weighted by atomic mass is 10.0. The Hall–Kier alpha value is -3.67. The molecule has 408 valence electrons. The first-order valence-corrected chi connectivity index (χ1v) is 28.4. The fourth-order valence-corrected chi connectivity index (χ4v) is 7.85. The number of alkyl halides is 6. The van der Waals surface area contributed by atoms with E-state index in [-0.39, 0.29) is 52.3 Å². The average Bonchev–Trinajstić information content (AvgIpc) is 3.59. The van der Waals surface area contributed by atoms with Crippen molar-refractivity contribution in [2.24, 2.45) is 7.05 Å². The summed E-state index contributed by atoms with van der Waals surface area (Å²) in [5.41, 5.74) is 1.99. The Morgan fingerprint density at radius 1 is 1.10 bits per heavy atom. The largest absolute Gasteiger partial charge is 0.778 e. The number of halogens is 9. The first-order chi connectivity index (χ1) is 33.8. The molecule has 2 heterocycles. The van der Waals surface area contributed by atoms with E-state index in [2.05, 4.69) is 46.7 Å². The molecule has 2 amide bonds. The molecule has 27 heteroatoms. The van der Waals surface area contributed by atoms with Crippen molar-refractivity contribution in [3.05, 3.63) is 92.3 Å². The number of carboxylic acid groups (broad SMARTS) is 1. The van der Waals surface area contributed by atoms with Crippen molar-refractivity contribution in [1.82, 2.24) is 15.1 Å². The van der Waals surface area contributed by atoms with Gasteiger partial charge in [0, 0.05) is 19.2 Å². The summed E-state index contributed by atoms with van der Waals surface area (Å²) < 4.78 is 79.5. The monoisotopic (exact) mass is 1220 g/mol. The number of fused-ring (bicyclic) bond motifs is 1. The summed E-state index contributed by atoms with van der Waals surface area (Å²) in [6.45, 7) is 11.9. The van der Waals surface area contributed by atoms with Crippen LogP contribution in [0.4, 0.5) is 28.9 Å². The minimum absolute atomic E-state index is 0.0371. The van der Waals surface area contributed by atoms with Crippen molar-refractivity contribution >= 4 is 116 Å². The lowest BCUT2D eigenvalue weighted by Crippen LogP contribution is -2.47. The molecule has 0 saturated heterocycles. The van der Waals surface area contributed by atoms with Crippen molar-refractivity contribution < 1.29 is 70.4 Å². The van der Waals surface area contributed by atoms with Gasteiger partial charge in [0.05, 0.1) is 70.2 Å². The van der Waals surface area contributed by atoms with Gasteiger partial charge in [0.1, 0.15) is 44.1 Å². The average molecular weight is 1220 g/mol. The van der Waals surface area contributed by atoms with E-state index in [1.807, 2.05) is 68.6 Å². The highest BCUT2D eigenvalue weighted by Gasteiger charge is 2.39. The predicted molar refractivity (Wildman–Crippen MR) is 282 cm³/mol. The van der Waals surface area contributed by atoms with Gasteiger partial charge in [0.2, 0.25) is 5.91 Å². The van der Waals surface area contributed by atoms with E-state index in [0.29, 0.717) is 34.5 Å². The maximum atomic E-state index is 14.3. The molecule has 3 aromatic carbocycles. The first-order valence-electron chi connectivity index (χ1n) is 21.6. The van der Waals surface area contributed by atoms with Crippen LogP contribution in [0.2, 0.25) is 5.02 Å². The highest BCUT2D eigenvalue weighted by Crippen LogP contribution is 2.41. The van der Waals surface area contributed by atoms with Crippen molar-refractivity contribution in [2.75, 3.05) is 67.2 Å². The first kappa shape index (κ1) is 67.3. The number of ether oxygens (including phenoxy) is 3. The second-order valence-corrected chi connectivity index (χ2v) is 22.5. The van der Waals surface area contributed by atoms with Gasteiger partial charge in [-0.25, -0.2) is 9.18 Å². The van der Waals surface area contributed by atoms with Gasteiger partial charge >= 0.3 is 18.1 Å². The molecule has 73 heavy (non-hydrogen) atoms. The molecule has 0 bridgehead atoms. The minimum atomic E-state index is -4.69. The third kappa shape index (κ3) is 22.6. The smallest absolute Gasteiger partial charge is 0.434 e. The Kier molecular flexibility index (Phi) is 29.6. The zero-order valence-electron chi connectivity index (χ0n) is 41.5. The molecule has 5 rings (SSSR count). The number of benzene rings is 3. The Balaban J connectivity index is 0.000000494. The Bertz CT molecular complexity index is 2510. The fourth-order valence-electron chi connectivity index (χ4n) is 6.10. The van der Waals surface area contributed by atoms with Gasteiger partial charge in [-0.3, -0.25) is 29.3 Å². The van der Waals surface area contributed by atoms with Crippen molar-refractivity contribution in [3.63, 3.8) is 0 Å². The van der Waals surface area contributed by atoms with Gasteiger partial charge in [-0.2, -0.15) is 18.3 Å². The number of aliphatic carboxylic acids is 1. The van der Waals surface area contributed by atoms with Crippen LogP contribution >= 0.6 is 69.9 Å². The number of aromatic nitrogens is 2. The van der Waals surface area contributed by atoms with Crippen molar-refractivity contribution in [1.29, 1.82) is 0 Å². The van der Waals surface area contributed by atoms with Gasteiger partial charge in [-0.15, -0.1) is 11.6 Å². The summed E-state index contributed by atoms with van der Waals surface area (Å²) in [5.74, 6) is -2.70. The Morgan fingerprint density at radius 3 is 2.19 bits per heavy atom. The summed E-state index contributed by atoms with van der Waals surface area (Å²) in [6.07, 6.45) is 1.60. The molecule has 0 saturated carbocycles.